The molecule has 4 rings (SSSR count). The van der Waals surface area contributed by atoms with Gasteiger partial charge in [0.1, 0.15) is 22.8 Å². The molecule has 0 bridgehead atoms. The summed E-state index contributed by atoms with van der Waals surface area (Å²) in [7, 11) is 4.69. The highest BCUT2D eigenvalue weighted by atomic mass is 16.5. The first-order valence-electron chi connectivity index (χ1n) is 10.7. The molecule has 0 saturated carbocycles. The molecule has 1 aromatic heterocycles. The van der Waals surface area contributed by atoms with Gasteiger partial charge in [0, 0.05) is 6.07 Å². The minimum absolute atomic E-state index is 0.0367. The predicted octanol–water partition coefficient (Wildman–Crippen LogP) is 5.98. The van der Waals surface area contributed by atoms with E-state index in [9.17, 15) is 9.90 Å². The summed E-state index contributed by atoms with van der Waals surface area (Å²) in [5.41, 5.74) is 3.84. The largest absolute Gasteiger partial charge is 0.502 e. The lowest BCUT2D eigenvalue weighted by atomic mass is 9.99. The van der Waals surface area contributed by atoms with Crippen molar-refractivity contribution in [2.24, 2.45) is 0 Å². The monoisotopic (exact) mass is 458 g/mol. The van der Waals surface area contributed by atoms with Crippen molar-refractivity contribution in [1.82, 2.24) is 0 Å². The lowest BCUT2D eigenvalue weighted by Crippen LogP contribution is -2.05. The Labute approximate surface area is 197 Å². The van der Waals surface area contributed by atoms with Gasteiger partial charge in [-0.2, -0.15) is 0 Å². The standard InChI is InChI=1S/C28H26O6/c1-16-12-22-23(13-17(16)2)34-28(27(30)26(22)29)25-19(14-21(32-4)15-24(25)33-5)9-6-18-7-10-20(31-3)11-8-18/h6-15,30H,1-5H3. The molecule has 1 N–H and O–H groups in total. The van der Waals surface area contributed by atoms with Gasteiger partial charge < -0.3 is 23.7 Å². The van der Waals surface area contributed by atoms with Crippen LogP contribution in [0.5, 0.6) is 23.0 Å². The van der Waals surface area contributed by atoms with Crippen LogP contribution >= 0.6 is 0 Å². The molecular weight excluding hydrogens is 432 g/mol. The summed E-state index contributed by atoms with van der Waals surface area (Å²) in [4.78, 5) is 13.1. The molecule has 0 radical (unpaired) electrons. The van der Waals surface area contributed by atoms with Gasteiger partial charge in [-0.25, -0.2) is 0 Å². The second-order valence-electron chi connectivity index (χ2n) is 7.94. The highest BCUT2D eigenvalue weighted by molar-refractivity contribution is 5.89. The number of aryl methyl sites for hydroxylation is 2. The van der Waals surface area contributed by atoms with Crippen LogP contribution in [0.2, 0.25) is 0 Å². The van der Waals surface area contributed by atoms with Gasteiger partial charge in [0.2, 0.25) is 11.2 Å². The van der Waals surface area contributed by atoms with Crippen LogP contribution in [0.15, 0.2) is 57.7 Å². The van der Waals surface area contributed by atoms with Crippen molar-refractivity contribution in [3.05, 3.63) is 81.0 Å². The van der Waals surface area contributed by atoms with Crippen molar-refractivity contribution < 1.29 is 23.7 Å². The third-order valence-electron chi connectivity index (χ3n) is 5.84. The normalized spacial score (nSPS) is 11.2. The first-order valence-corrected chi connectivity index (χ1v) is 10.7. The Bertz CT molecular complexity index is 1450. The number of hydrogen-bond acceptors (Lipinski definition) is 6. The van der Waals surface area contributed by atoms with Gasteiger partial charge in [0.05, 0.1) is 32.3 Å². The number of rotatable bonds is 6. The second-order valence-corrected chi connectivity index (χ2v) is 7.94. The van der Waals surface area contributed by atoms with Crippen LogP contribution in [0, 0.1) is 13.8 Å². The van der Waals surface area contributed by atoms with Gasteiger partial charge in [-0.05, 0) is 66.4 Å². The van der Waals surface area contributed by atoms with Crippen molar-refractivity contribution in [3.8, 4) is 34.3 Å². The Morgan fingerprint density at radius 1 is 0.824 bits per heavy atom. The first kappa shape index (κ1) is 23.0. The number of aromatic hydroxyl groups is 1. The van der Waals surface area contributed by atoms with E-state index in [0.29, 0.717) is 33.6 Å². The van der Waals surface area contributed by atoms with Crippen molar-refractivity contribution in [3.63, 3.8) is 0 Å². The fourth-order valence-corrected chi connectivity index (χ4v) is 3.78. The van der Waals surface area contributed by atoms with Crippen molar-refractivity contribution in [1.29, 1.82) is 0 Å². The lowest BCUT2D eigenvalue weighted by molar-refractivity contribution is 0.393. The highest BCUT2D eigenvalue weighted by Crippen LogP contribution is 2.42. The Morgan fingerprint density at radius 3 is 2.15 bits per heavy atom. The van der Waals surface area contributed by atoms with Crippen LogP contribution in [-0.4, -0.2) is 26.4 Å². The predicted molar refractivity (Wildman–Crippen MR) is 134 cm³/mol. The SMILES string of the molecule is COc1ccc(C=Cc2cc(OC)cc(OC)c2-c2oc3cc(C)c(C)cc3c(=O)c2O)cc1. The number of hydrogen-bond donors (Lipinski definition) is 1. The molecule has 0 aliphatic heterocycles. The second kappa shape index (κ2) is 9.35. The summed E-state index contributed by atoms with van der Waals surface area (Å²) in [6.07, 6.45) is 3.76. The highest BCUT2D eigenvalue weighted by Gasteiger charge is 2.22. The third kappa shape index (κ3) is 4.22. The van der Waals surface area contributed by atoms with E-state index >= 15 is 0 Å². The molecule has 0 spiro atoms. The molecular formula is C28H26O6. The van der Waals surface area contributed by atoms with Gasteiger partial charge in [0.15, 0.2) is 5.76 Å². The minimum atomic E-state index is -0.498. The van der Waals surface area contributed by atoms with Gasteiger partial charge in [-0.1, -0.05) is 24.3 Å². The van der Waals surface area contributed by atoms with E-state index in [-0.39, 0.29) is 5.76 Å². The number of ether oxygens (including phenoxy) is 3. The summed E-state index contributed by atoms with van der Waals surface area (Å²) in [5, 5.41) is 11.2. The molecule has 1 heterocycles. The zero-order valence-electron chi connectivity index (χ0n) is 19.8. The van der Waals surface area contributed by atoms with Crippen LogP contribution < -0.4 is 19.6 Å². The topological polar surface area (TPSA) is 78.1 Å². The van der Waals surface area contributed by atoms with E-state index in [4.69, 9.17) is 18.6 Å². The maximum absolute atomic E-state index is 13.1. The molecule has 6 nitrogen and oxygen atoms in total. The summed E-state index contributed by atoms with van der Waals surface area (Å²) in [6, 6.07) is 14.6. The molecule has 0 unspecified atom stereocenters. The molecule has 0 saturated heterocycles. The third-order valence-corrected chi connectivity index (χ3v) is 5.84. The van der Waals surface area contributed by atoms with Crippen molar-refractivity contribution in [2.45, 2.75) is 13.8 Å². The maximum Gasteiger partial charge on any atom is 0.235 e. The first-order chi connectivity index (χ1) is 16.4. The van der Waals surface area contributed by atoms with Gasteiger partial charge in [-0.15, -0.1) is 0 Å². The zero-order valence-corrected chi connectivity index (χ0v) is 19.8. The van der Waals surface area contributed by atoms with Crippen LogP contribution in [-0.2, 0) is 0 Å². The molecule has 0 fully saturated rings. The van der Waals surface area contributed by atoms with E-state index in [1.165, 1.54) is 7.11 Å². The summed E-state index contributed by atoms with van der Waals surface area (Å²) in [5.74, 6) is 1.28. The number of methoxy groups -OCH3 is 3. The van der Waals surface area contributed by atoms with Crippen LogP contribution in [0.4, 0.5) is 0 Å². The van der Waals surface area contributed by atoms with Crippen LogP contribution in [0.1, 0.15) is 22.3 Å². The molecule has 4 aromatic rings. The molecule has 174 valence electrons. The fourth-order valence-electron chi connectivity index (χ4n) is 3.78. The van der Waals surface area contributed by atoms with E-state index in [1.54, 1.807) is 38.5 Å². The molecule has 0 aliphatic carbocycles. The van der Waals surface area contributed by atoms with E-state index in [1.807, 2.05) is 50.3 Å². The molecule has 0 atom stereocenters. The summed E-state index contributed by atoms with van der Waals surface area (Å²) < 4.78 is 22.4. The average Bonchev–Trinajstić information content (AvgIpc) is 2.86. The Morgan fingerprint density at radius 2 is 1.50 bits per heavy atom. The molecule has 0 aliphatic rings. The van der Waals surface area contributed by atoms with Gasteiger partial charge >= 0.3 is 0 Å². The van der Waals surface area contributed by atoms with Crippen molar-refractivity contribution in [2.75, 3.05) is 21.3 Å². The zero-order chi connectivity index (χ0) is 24.4. The number of benzene rings is 3. The Hall–Kier alpha value is -4.19. The quantitative estimate of drug-likeness (QED) is 0.358. The Balaban J connectivity index is 1.96. The average molecular weight is 459 g/mol. The Kier molecular flexibility index (Phi) is 6.32. The van der Waals surface area contributed by atoms with E-state index in [2.05, 4.69) is 0 Å². The molecule has 3 aromatic carbocycles. The molecule has 0 amide bonds. The van der Waals surface area contributed by atoms with Crippen molar-refractivity contribution >= 4 is 23.1 Å². The lowest BCUT2D eigenvalue weighted by Gasteiger charge is -2.15. The fraction of sp³-hybridized carbons (Fsp3) is 0.179. The van der Waals surface area contributed by atoms with Gasteiger partial charge in [-0.3, -0.25) is 4.79 Å². The maximum atomic E-state index is 13.1. The van der Waals surface area contributed by atoms with E-state index in [0.717, 1.165) is 22.4 Å². The minimum Gasteiger partial charge on any atom is -0.502 e. The smallest absolute Gasteiger partial charge is 0.235 e. The molecule has 6 heteroatoms. The van der Waals surface area contributed by atoms with Crippen LogP contribution in [0.3, 0.4) is 0 Å². The molecule has 34 heavy (non-hydrogen) atoms. The summed E-state index contributed by atoms with van der Waals surface area (Å²) >= 11 is 0. The summed E-state index contributed by atoms with van der Waals surface area (Å²) in [6.45, 7) is 3.85. The number of fused-ring (bicyclic) bond motifs is 1. The van der Waals surface area contributed by atoms with E-state index < -0.39 is 11.2 Å². The van der Waals surface area contributed by atoms with Crippen LogP contribution in [0.25, 0.3) is 34.4 Å². The van der Waals surface area contributed by atoms with Gasteiger partial charge in [0.25, 0.3) is 0 Å².